The lowest BCUT2D eigenvalue weighted by Gasteiger charge is -2.19. The molecule has 2 atom stereocenters. The molecule has 3 N–H and O–H groups in total. The summed E-state index contributed by atoms with van der Waals surface area (Å²) in [6, 6.07) is -0.665. The zero-order valence-electron chi connectivity index (χ0n) is 44.1. The lowest BCUT2D eigenvalue weighted by Crippen LogP contribution is -2.45. The fourth-order valence-electron chi connectivity index (χ4n) is 7.57. The number of carbonyl (C=O) groups is 1. The number of hydrogen-bond acceptors (Lipinski definition) is 3. The van der Waals surface area contributed by atoms with Crippen molar-refractivity contribution in [2.45, 2.75) is 244 Å². The summed E-state index contributed by atoms with van der Waals surface area (Å²) in [4.78, 5) is 12.5. The molecular weight excluding hydrogens is 831 g/mol. The average Bonchev–Trinajstić information content (AvgIpc) is 3.34. The fraction of sp³-hybridized carbons (Fsp3) is 0.609. The SMILES string of the molecule is CC/C=C\C/C=C\C/C=C\C/C=C\C/C=C\C/C=C\C/C=C\C/C=C\C/C=C\C/C=C\CCCCCCC(=O)NC(CO)C(O)/C=C/CC/C=C/CCCCCCCCCCCCCCCCC. The van der Waals surface area contributed by atoms with Crippen molar-refractivity contribution < 1.29 is 15.0 Å². The first-order chi connectivity index (χ1) is 33.7. The molecule has 0 aliphatic carbocycles. The van der Waals surface area contributed by atoms with Gasteiger partial charge in [-0.1, -0.05) is 262 Å². The Hall–Kier alpha value is -3.73. The molecule has 0 aromatic heterocycles. The van der Waals surface area contributed by atoms with Gasteiger partial charge in [-0.15, -0.1) is 0 Å². The van der Waals surface area contributed by atoms with E-state index in [0.717, 1.165) is 116 Å². The highest BCUT2D eigenvalue weighted by atomic mass is 16.3. The van der Waals surface area contributed by atoms with Crippen molar-refractivity contribution in [1.29, 1.82) is 0 Å². The summed E-state index contributed by atoms with van der Waals surface area (Å²) in [7, 11) is 0. The summed E-state index contributed by atoms with van der Waals surface area (Å²) in [6.45, 7) is 4.17. The standard InChI is InChI=1S/C64H105NO3/c1-3-5-7-9-11-13-15-17-19-21-23-25-26-27-28-29-30-31-32-33-34-35-36-37-38-40-42-44-46-48-50-52-54-56-58-60-64(68)65-62(61-66)63(67)59-57-55-53-51-49-47-45-43-41-39-24-22-20-18-16-14-12-10-8-6-4-2/h5,7,11,13,17,19,23,25,27-28,30-31,33-34,36-37,40,42,46,48-49,51,57,59,62-63,66-67H,3-4,6,8-10,12,14-16,18,20-22,24,26,29,32,35,38-39,41,43-45,47,50,52-56,58,60-61H2,1-2H3,(H,65,68)/b7-5-,13-11-,19-17-,25-23-,28-27-,31-30-,34-33-,37-36-,42-40-,48-46-,51-49+,59-57+. The van der Waals surface area contributed by atoms with E-state index in [1.165, 1.54) is 96.3 Å². The first-order valence-electron chi connectivity index (χ1n) is 28.0. The molecule has 0 radical (unpaired) electrons. The van der Waals surface area contributed by atoms with E-state index in [1.54, 1.807) is 6.08 Å². The Kier molecular flexibility index (Phi) is 54.4. The van der Waals surface area contributed by atoms with Gasteiger partial charge < -0.3 is 15.5 Å². The Morgan fingerprint density at radius 3 is 1.03 bits per heavy atom. The Morgan fingerprint density at radius 2 is 0.662 bits per heavy atom. The molecule has 1 amide bonds. The minimum atomic E-state index is -0.885. The van der Waals surface area contributed by atoms with Crippen LogP contribution in [0, 0.1) is 0 Å². The lowest BCUT2D eigenvalue weighted by atomic mass is 10.0. The van der Waals surface area contributed by atoms with Crippen LogP contribution in [-0.4, -0.2) is 34.9 Å². The van der Waals surface area contributed by atoms with Gasteiger partial charge in [-0.25, -0.2) is 0 Å². The number of allylic oxidation sites excluding steroid dienone is 23. The fourth-order valence-corrected chi connectivity index (χ4v) is 7.57. The maximum atomic E-state index is 12.5. The molecule has 0 aromatic rings. The highest BCUT2D eigenvalue weighted by Gasteiger charge is 2.17. The van der Waals surface area contributed by atoms with E-state index >= 15 is 0 Å². The molecule has 0 fully saturated rings. The number of carbonyl (C=O) groups excluding carboxylic acids is 1. The molecule has 384 valence electrons. The Balaban J connectivity index is 3.72. The van der Waals surface area contributed by atoms with E-state index in [4.69, 9.17) is 0 Å². The van der Waals surface area contributed by atoms with Gasteiger partial charge in [-0.05, 0) is 109 Å². The topological polar surface area (TPSA) is 69.6 Å². The summed E-state index contributed by atoms with van der Waals surface area (Å²) >= 11 is 0. The molecule has 0 spiro atoms. The summed E-state index contributed by atoms with van der Waals surface area (Å²) in [5.41, 5.74) is 0. The van der Waals surface area contributed by atoms with Crippen LogP contribution in [0.15, 0.2) is 146 Å². The number of aliphatic hydroxyl groups is 2. The Labute approximate surface area is 421 Å². The molecule has 0 saturated carbocycles. The largest absolute Gasteiger partial charge is 0.394 e. The predicted molar refractivity (Wildman–Crippen MR) is 303 cm³/mol. The smallest absolute Gasteiger partial charge is 0.220 e. The van der Waals surface area contributed by atoms with E-state index in [2.05, 4.69) is 153 Å². The molecule has 0 saturated heterocycles. The van der Waals surface area contributed by atoms with Gasteiger partial charge in [-0.3, -0.25) is 4.79 Å². The van der Waals surface area contributed by atoms with Crippen molar-refractivity contribution in [1.82, 2.24) is 5.32 Å². The summed E-state index contributed by atoms with van der Waals surface area (Å²) in [6.07, 6.45) is 91.4. The van der Waals surface area contributed by atoms with Crippen LogP contribution in [0.5, 0.6) is 0 Å². The van der Waals surface area contributed by atoms with Crippen LogP contribution in [-0.2, 0) is 4.79 Å². The van der Waals surface area contributed by atoms with Crippen molar-refractivity contribution in [3.8, 4) is 0 Å². The number of hydrogen-bond donors (Lipinski definition) is 3. The van der Waals surface area contributed by atoms with E-state index < -0.39 is 12.1 Å². The first kappa shape index (κ1) is 64.3. The third-order valence-corrected chi connectivity index (χ3v) is 11.8. The normalized spacial score (nSPS) is 14.0. The number of unbranched alkanes of at least 4 members (excludes halogenated alkanes) is 20. The zero-order chi connectivity index (χ0) is 49.2. The maximum Gasteiger partial charge on any atom is 0.220 e. The van der Waals surface area contributed by atoms with Crippen LogP contribution >= 0.6 is 0 Å². The van der Waals surface area contributed by atoms with Crippen molar-refractivity contribution in [2.24, 2.45) is 0 Å². The monoisotopic (exact) mass is 936 g/mol. The van der Waals surface area contributed by atoms with Gasteiger partial charge >= 0.3 is 0 Å². The molecule has 0 bridgehead atoms. The lowest BCUT2D eigenvalue weighted by molar-refractivity contribution is -0.123. The Bertz CT molecular complexity index is 1430. The highest BCUT2D eigenvalue weighted by Crippen LogP contribution is 2.14. The molecule has 0 rings (SSSR count). The van der Waals surface area contributed by atoms with Crippen LogP contribution in [0.2, 0.25) is 0 Å². The van der Waals surface area contributed by atoms with E-state index in [1.807, 2.05) is 6.08 Å². The molecule has 0 heterocycles. The highest BCUT2D eigenvalue weighted by molar-refractivity contribution is 5.76. The van der Waals surface area contributed by atoms with Crippen molar-refractivity contribution in [2.75, 3.05) is 6.61 Å². The van der Waals surface area contributed by atoms with Gasteiger partial charge in [0.2, 0.25) is 5.91 Å². The average molecular weight is 937 g/mol. The van der Waals surface area contributed by atoms with Gasteiger partial charge in [0.15, 0.2) is 0 Å². The van der Waals surface area contributed by atoms with Crippen LogP contribution in [0.25, 0.3) is 0 Å². The van der Waals surface area contributed by atoms with Gasteiger partial charge in [0.05, 0.1) is 18.8 Å². The second-order valence-corrected chi connectivity index (χ2v) is 18.3. The van der Waals surface area contributed by atoms with Crippen LogP contribution in [0.3, 0.4) is 0 Å². The zero-order valence-corrected chi connectivity index (χ0v) is 44.1. The Morgan fingerprint density at radius 1 is 0.368 bits per heavy atom. The van der Waals surface area contributed by atoms with E-state index in [-0.39, 0.29) is 12.5 Å². The number of aliphatic hydroxyl groups excluding tert-OH is 2. The summed E-state index contributed by atoms with van der Waals surface area (Å²) in [5.74, 6) is -0.104. The van der Waals surface area contributed by atoms with Gasteiger partial charge in [-0.2, -0.15) is 0 Å². The number of rotatable bonds is 49. The molecule has 68 heavy (non-hydrogen) atoms. The van der Waals surface area contributed by atoms with Crippen LogP contribution in [0.4, 0.5) is 0 Å². The molecule has 0 aliphatic heterocycles. The molecule has 0 aliphatic rings. The molecule has 0 aromatic carbocycles. The molecule has 4 heteroatoms. The number of amides is 1. The van der Waals surface area contributed by atoms with Gasteiger partial charge in [0, 0.05) is 6.42 Å². The van der Waals surface area contributed by atoms with Crippen LogP contribution < -0.4 is 5.32 Å². The van der Waals surface area contributed by atoms with Crippen molar-refractivity contribution >= 4 is 5.91 Å². The van der Waals surface area contributed by atoms with Crippen LogP contribution in [0.1, 0.15) is 232 Å². The molecular formula is C64H105NO3. The molecule has 4 nitrogen and oxygen atoms in total. The summed E-state index contributed by atoms with van der Waals surface area (Å²) < 4.78 is 0. The molecule has 2 unspecified atom stereocenters. The third-order valence-electron chi connectivity index (χ3n) is 11.8. The minimum absolute atomic E-state index is 0.104. The predicted octanol–water partition coefficient (Wildman–Crippen LogP) is 18.8. The quantitative estimate of drug-likeness (QED) is 0.0420. The van der Waals surface area contributed by atoms with Gasteiger partial charge in [0.1, 0.15) is 0 Å². The summed E-state index contributed by atoms with van der Waals surface area (Å²) in [5, 5.41) is 23.1. The van der Waals surface area contributed by atoms with E-state index in [0.29, 0.717) is 6.42 Å². The number of nitrogens with one attached hydrogen (secondary N) is 1. The second-order valence-electron chi connectivity index (χ2n) is 18.3. The first-order valence-corrected chi connectivity index (χ1v) is 28.0. The van der Waals surface area contributed by atoms with E-state index in [9.17, 15) is 15.0 Å². The minimum Gasteiger partial charge on any atom is -0.394 e. The van der Waals surface area contributed by atoms with Crippen molar-refractivity contribution in [3.05, 3.63) is 146 Å². The van der Waals surface area contributed by atoms with Crippen molar-refractivity contribution in [3.63, 3.8) is 0 Å². The second kappa shape index (κ2) is 57.6. The maximum absolute atomic E-state index is 12.5. The third kappa shape index (κ3) is 53.2. The van der Waals surface area contributed by atoms with Gasteiger partial charge in [0.25, 0.3) is 0 Å².